The lowest BCUT2D eigenvalue weighted by Crippen LogP contribution is -2.06. The molecule has 0 spiro atoms. The van der Waals surface area contributed by atoms with Crippen molar-refractivity contribution in [2.45, 2.75) is 20.4 Å². The van der Waals surface area contributed by atoms with E-state index in [-0.39, 0.29) is 24.4 Å². The molecule has 2 aromatic rings. The lowest BCUT2D eigenvalue weighted by Gasteiger charge is -2.04. The Bertz CT molecular complexity index is 575. The number of hydrogen-bond acceptors (Lipinski definition) is 3. The molecule has 0 radical (unpaired) electrons. The first-order chi connectivity index (χ1) is 7.11. The van der Waals surface area contributed by atoms with Gasteiger partial charge in [0.1, 0.15) is 11.3 Å². The fraction of sp³-hybridized carbons (Fsp3) is 0.250. The molecule has 0 bridgehead atoms. The highest BCUT2D eigenvalue weighted by Crippen LogP contribution is 2.17. The second-order valence-corrected chi connectivity index (χ2v) is 3.71. The number of rotatable bonds is 1. The SMILES string of the molecule is Cc1cc2oc(CN)cc(=O)c2cc1C.Cl. The molecule has 1 aromatic carbocycles. The summed E-state index contributed by atoms with van der Waals surface area (Å²) in [4.78, 5) is 11.7. The summed E-state index contributed by atoms with van der Waals surface area (Å²) in [6, 6.07) is 5.19. The molecule has 3 nitrogen and oxygen atoms in total. The van der Waals surface area contributed by atoms with Crippen LogP contribution in [0, 0.1) is 13.8 Å². The molecule has 2 N–H and O–H groups in total. The van der Waals surface area contributed by atoms with E-state index in [1.54, 1.807) is 0 Å². The van der Waals surface area contributed by atoms with Crippen molar-refractivity contribution in [2.24, 2.45) is 5.73 Å². The second kappa shape index (κ2) is 4.68. The van der Waals surface area contributed by atoms with Crippen molar-refractivity contribution in [3.8, 4) is 0 Å². The summed E-state index contributed by atoms with van der Waals surface area (Å²) in [6.07, 6.45) is 0. The fourth-order valence-corrected chi connectivity index (χ4v) is 1.56. The zero-order chi connectivity index (χ0) is 11.0. The highest BCUT2D eigenvalue weighted by molar-refractivity contribution is 5.85. The lowest BCUT2D eigenvalue weighted by atomic mass is 10.1. The van der Waals surface area contributed by atoms with Crippen molar-refractivity contribution < 1.29 is 4.42 Å². The molecule has 1 heterocycles. The van der Waals surface area contributed by atoms with Gasteiger partial charge in [0.15, 0.2) is 5.43 Å². The van der Waals surface area contributed by atoms with Crippen LogP contribution in [0.25, 0.3) is 11.0 Å². The van der Waals surface area contributed by atoms with Crippen molar-refractivity contribution in [2.75, 3.05) is 0 Å². The van der Waals surface area contributed by atoms with Gasteiger partial charge >= 0.3 is 0 Å². The lowest BCUT2D eigenvalue weighted by molar-refractivity contribution is 0.538. The van der Waals surface area contributed by atoms with Crippen molar-refractivity contribution in [1.29, 1.82) is 0 Å². The summed E-state index contributed by atoms with van der Waals surface area (Å²) in [5.41, 5.74) is 8.24. The highest BCUT2D eigenvalue weighted by atomic mass is 35.5. The van der Waals surface area contributed by atoms with Gasteiger partial charge in [0.25, 0.3) is 0 Å². The van der Waals surface area contributed by atoms with Crippen LogP contribution >= 0.6 is 12.4 Å². The maximum Gasteiger partial charge on any atom is 0.193 e. The minimum Gasteiger partial charge on any atom is -0.459 e. The molecule has 1 aromatic heterocycles. The monoisotopic (exact) mass is 239 g/mol. The topological polar surface area (TPSA) is 56.2 Å². The van der Waals surface area contributed by atoms with E-state index in [0.717, 1.165) is 11.1 Å². The molecular formula is C12H14ClNO2. The summed E-state index contributed by atoms with van der Waals surface area (Å²) >= 11 is 0. The molecule has 0 aliphatic rings. The first-order valence-electron chi connectivity index (χ1n) is 4.86. The molecular weight excluding hydrogens is 226 g/mol. The quantitative estimate of drug-likeness (QED) is 0.831. The Balaban J connectivity index is 0.00000128. The third-order valence-corrected chi connectivity index (χ3v) is 2.60. The molecule has 0 saturated carbocycles. The summed E-state index contributed by atoms with van der Waals surface area (Å²) in [5, 5.41) is 0.621. The van der Waals surface area contributed by atoms with Crippen LogP contribution < -0.4 is 11.2 Å². The van der Waals surface area contributed by atoms with Crippen LogP contribution in [0.3, 0.4) is 0 Å². The van der Waals surface area contributed by atoms with Crippen LogP contribution in [0.1, 0.15) is 16.9 Å². The van der Waals surface area contributed by atoms with Crippen LogP contribution in [0.4, 0.5) is 0 Å². The summed E-state index contributed by atoms with van der Waals surface area (Å²) in [7, 11) is 0. The molecule has 86 valence electrons. The van der Waals surface area contributed by atoms with Crippen molar-refractivity contribution in [3.63, 3.8) is 0 Å². The van der Waals surface area contributed by atoms with Gasteiger partial charge in [-0.25, -0.2) is 0 Å². The van der Waals surface area contributed by atoms with Gasteiger partial charge < -0.3 is 10.2 Å². The molecule has 2 rings (SSSR count). The van der Waals surface area contributed by atoms with Crippen LogP contribution in [0.2, 0.25) is 0 Å². The summed E-state index contributed by atoms with van der Waals surface area (Å²) in [6.45, 7) is 4.22. The van der Waals surface area contributed by atoms with E-state index in [1.807, 2.05) is 26.0 Å². The first kappa shape index (κ1) is 12.7. The Morgan fingerprint density at radius 1 is 1.19 bits per heavy atom. The van der Waals surface area contributed by atoms with E-state index in [9.17, 15) is 4.79 Å². The van der Waals surface area contributed by atoms with Gasteiger partial charge in [-0.2, -0.15) is 0 Å². The maximum atomic E-state index is 11.7. The van der Waals surface area contributed by atoms with Gasteiger partial charge in [0, 0.05) is 6.07 Å². The standard InChI is InChI=1S/C12H13NO2.ClH/c1-7-3-10-11(14)5-9(6-13)15-12(10)4-8(7)2;/h3-5H,6,13H2,1-2H3;1H. The Hall–Kier alpha value is -1.32. The second-order valence-electron chi connectivity index (χ2n) is 3.71. The highest BCUT2D eigenvalue weighted by Gasteiger charge is 2.05. The largest absolute Gasteiger partial charge is 0.459 e. The number of nitrogens with two attached hydrogens (primary N) is 1. The zero-order valence-corrected chi connectivity index (χ0v) is 10.1. The van der Waals surface area contributed by atoms with E-state index in [2.05, 4.69) is 0 Å². The van der Waals surface area contributed by atoms with Crippen molar-refractivity contribution in [3.05, 3.63) is 45.3 Å². The van der Waals surface area contributed by atoms with Crippen LogP contribution in [0.15, 0.2) is 27.4 Å². The summed E-state index contributed by atoms with van der Waals surface area (Å²) < 4.78 is 5.50. The van der Waals surface area contributed by atoms with Crippen molar-refractivity contribution in [1.82, 2.24) is 0 Å². The van der Waals surface area contributed by atoms with Gasteiger partial charge in [0.05, 0.1) is 11.9 Å². The number of aryl methyl sites for hydroxylation is 2. The molecule has 0 saturated heterocycles. The van der Waals surface area contributed by atoms with Crippen LogP contribution in [-0.4, -0.2) is 0 Å². The number of halogens is 1. The minimum absolute atomic E-state index is 0. The third kappa shape index (κ3) is 2.10. The average Bonchev–Trinajstić information content (AvgIpc) is 2.21. The van der Waals surface area contributed by atoms with Crippen LogP contribution in [0.5, 0.6) is 0 Å². The van der Waals surface area contributed by atoms with E-state index < -0.39 is 0 Å². The van der Waals surface area contributed by atoms with Gasteiger partial charge in [-0.1, -0.05) is 0 Å². The normalized spacial score (nSPS) is 10.2. The average molecular weight is 240 g/mol. The van der Waals surface area contributed by atoms with E-state index >= 15 is 0 Å². The smallest absolute Gasteiger partial charge is 0.193 e. The van der Waals surface area contributed by atoms with Gasteiger partial charge in [-0.05, 0) is 37.1 Å². The van der Waals surface area contributed by atoms with Gasteiger partial charge in [-0.3, -0.25) is 4.79 Å². The summed E-state index contributed by atoms with van der Waals surface area (Å²) in [5.74, 6) is 0.524. The minimum atomic E-state index is -0.0280. The van der Waals surface area contributed by atoms with Gasteiger partial charge in [-0.15, -0.1) is 12.4 Å². The first-order valence-corrected chi connectivity index (χ1v) is 4.86. The van der Waals surface area contributed by atoms with Crippen LogP contribution in [-0.2, 0) is 6.54 Å². The van der Waals surface area contributed by atoms with E-state index in [1.165, 1.54) is 6.07 Å². The zero-order valence-electron chi connectivity index (χ0n) is 9.24. The molecule has 0 fully saturated rings. The predicted octanol–water partition coefficient (Wildman–Crippen LogP) is 2.29. The maximum absolute atomic E-state index is 11.7. The predicted molar refractivity (Wildman–Crippen MR) is 67.1 cm³/mol. The van der Waals surface area contributed by atoms with E-state index in [4.69, 9.17) is 10.2 Å². The molecule has 0 unspecified atom stereocenters. The van der Waals surface area contributed by atoms with Crippen molar-refractivity contribution >= 4 is 23.4 Å². The molecule has 0 atom stereocenters. The molecule has 0 amide bonds. The Labute approximate surface area is 99.7 Å². The molecule has 0 aliphatic carbocycles. The molecule has 4 heteroatoms. The fourth-order valence-electron chi connectivity index (χ4n) is 1.56. The number of fused-ring (bicyclic) bond motifs is 1. The number of hydrogen-bond donors (Lipinski definition) is 1. The van der Waals surface area contributed by atoms with Gasteiger partial charge in [0.2, 0.25) is 0 Å². The number of benzene rings is 1. The molecule has 16 heavy (non-hydrogen) atoms. The van der Waals surface area contributed by atoms with E-state index in [0.29, 0.717) is 16.7 Å². The Morgan fingerprint density at radius 3 is 2.44 bits per heavy atom. The Kier molecular flexibility index (Phi) is 3.73. The Morgan fingerprint density at radius 2 is 1.81 bits per heavy atom. The molecule has 0 aliphatic heterocycles. The third-order valence-electron chi connectivity index (χ3n) is 2.60.